The molecule has 0 aromatic rings. The molecule has 170 valence electrons. The molecule has 18 nitrogen and oxygen atoms in total. The molecule has 0 fully saturated rings. The maximum atomic E-state index is 11.0. The van der Waals surface area contributed by atoms with Crippen molar-refractivity contribution >= 4 is 36.9 Å². The minimum absolute atomic E-state index is 1.28. The molecule has 0 heterocycles. The fourth-order valence-electron chi connectivity index (χ4n) is 1.90. The van der Waals surface area contributed by atoms with Crippen molar-refractivity contribution in [2.75, 3.05) is 13.2 Å². The predicted molar refractivity (Wildman–Crippen MR) is 79.5 cm³/mol. The van der Waals surface area contributed by atoms with Gasteiger partial charge in [0.2, 0.25) is 0 Å². The van der Waals surface area contributed by atoms with Crippen molar-refractivity contribution in [2.45, 2.75) is 24.4 Å². The molecule has 4 unspecified atom stereocenters. The molecule has 0 radical (unpaired) electrons. The Bertz CT molecular complexity index is 600. The monoisotopic (exact) mass is 446 g/mol. The van der Waals surface area contributed by atoms with E-state index < -0.39 is 74.6 Å². The number of ether oxygens (including phenoxy) is 6. The fourth-order valence-corrected chi connectivity index (χ4v) is 1.90. The van der Waals surface area contributed by atoms with Crippen molar-refractivity contribution in [3.05, 3.63) is 0 Å². The first-order valence-corrected chi connectivity index (χ1v) is 7.13. The van der Waals surface area contributed by atoms with Crippen LogP contribution < -0.4 is 0 Å². The van der Waals surface area contributed by atoms with E-state index in [1.54, 1.807) is 0 Å². The Morgan fingerprint density at radius 3 is 0.933 bits per heavy atom. The minimum Gasteiger partial charge on any atom is -0.450 e. The number of hydrogen-bond donors (Lipinski definition) is 6. The molecule has 18 heteroatoms. The van der Waals surface area contributed by atoms with Crippen LogP contribution in [0.3, 0.4) is 0 Å². The molecule has 4 atom stereocenters. The summed E-state index contributed by atoms with van der Waals surface area (Å²) in [6.45, 7) is -2.56. The van der Waals surface area contributed by atoms with Crippen molar-refractivity contribution in [1.82, 2.24) is 0 Å². The summed E-state index contributed by atoms with van der Waals surface area (Å²) in [5.41, 5.74) is 0. The second kappa shape index (κ2) is 12.2. The van der Waals surface area contributed by atoms with Gasteiger partial charge >= 0.3 is 36.9 Å². The van der Waals surface area contributed by atoms with Gasteiger partial charge in [-0.2, -0.15) is 0 Å². The lowest BCUT2D eigenvalue weighted by molar-refractivity contribution is -0.150. The lowest BCUT2D eigenvalue weighted by Gasteiger charge is -2.33. The maximum absolute atomic E-state index is 11.0. The number of carboxylic acid groups (broad SMARTS) is 6. The number of hydrogen-bond acceptors (Lipinski definition) is 12. The third-order valence-electron chi connectivity index (χ3n) is 2.78. The highest BCUT2D eigenvalue weighted by Gasteiger charge is 2.46. The summed E-state index contributed by atoms with van der Waals surface area (Å²) in [6, 6.07) is 0. The predicted octanol–water partition coefficient (Wildman–Crippen LogP) is 0.628. The van der Waals surface area contributed by atoms with E-state index >= 15 is 0 Å². The zero-order valence-electron chi connectivity index (χ0n) is 14.3. The van der Waals surface area contributed by atoms with E-state index in [0.717, 1.165) is 0 Å². The van der Waals surface area contributed by atoms with Gasteiger partial charge < -0.3 is 59.1 Å². The summed E-state index contributed by atoms with van der Waals surface area (Å²) in [5, 5.41) is 52.2. The summed E-state index contributed by atoms with van der Waals surface area (Å²) < 4.78 is 25.1. The third kappa shape index (κ3) is 10.7. The van der Waals surface area contributed by atoms with Crippen LogP contribution in [0, 0.1) is 0 Å². The van der Waals surface area contributed by atoms with Crippen LogP contribution in [0.2, 0.25) is 0 Å². The zero-order chi connectivity index (χ0) is 23.4. The highest BCUT2D eigenvalue weighted by atomic mass is 16.7. The smallest absolute Gasteiger partial charge is 0.450 e. The molecule has 30 heavy (non-hydrogen) atoms. The molecular weight excluding hydrogens is 432 g/mol. The summed E-state index contributed by atoms with van der Waals surface area (Å²) in [6.07, 6.45) is -22.1. The Morgan fingerprint density at radius 2 is 0.733 bits per heavy atom. The second-order valence-electron chi connectivity index (χ2n) is 4.69. The lowest BCUT2D eigenvalue weighted by atomic mass is 10.0. The van der Waals surface area contributed by atoms with Crippen molar-refractivity contribution in [1.29, 1.82) is 0 Å². The van der Waals surface area contributed by atoms with Crippen LogP contribution in [-0.4, -0.2) is 105 Å². The molecule has 0 aliphatic heterocycles. The summed E-state index contributed by atoms with van der Waals surface area (Å²) in [5.74, 6) is 0. The molecule has 0 aromatic heterocycles. The summed E-state index contributed by atoms with van der Waals surface area (Å²) >= 11 is 0. The molecular formula is C12H14O18. The van der Waals surface area contributed by atoms with Crippen LogP contribution in [0.15, 0.2) is 0 Å². The van der Waals surface area contributed by atoms with Gasteiger partial charge in [-0.3, -0.25) is 0 Å². The van der Waals surface area contributed by atoms with Gasteiger partial charge in [0.25, 0.3) is 0 Å². The first kappa shape index (κ1) is 25.6. The standard InChI is InChI=1S/C12H14O18/c13-7(14)25-1-3(27-9(17)18)5(29-11(21)22)6(30-12(23)24)4(28-10(19)20)2-26-8(15)16/h3-6H,1-2H2,(H,13,14)(H,15,16)(H,17,18)(H,19,20)(H,21,22)(H,23,24). The summed E-state index contributed by atoms with van der Waals surface area (Å²) in [4.78, 5) is 64.7. The highest BCUT2D eigenvalue weighted by molar-refractivity contribution is 5.61. The first-order valence-electron chi connectivity index (χ1n) is 7.13. The van der Waals surface area contributed by atoms with Gasteiger partial charge in [0.05, 0.1) is 0 Å². The molecule has 0 saturated carbocycles. The summed E-state index contributed by atoms with van der Waals surface area (Å²) in [7, 11) is 0. The molecule has 0 spiro atoms. The molecule has 0 saturated heterocycles. The second-order valence-corrected chi connectivity index (χ2v) is 4.69. The number of carbonyl (C=O) groups is 6. The van der Waals surface area contributed by atoms with Crippen molar-refractivity contribution in [3.63, 3.8) is 0 Å². The van der Waals surface area contributed by atoms with Crippen molar-refractivity contribution < 1.29 is 87.8 Å². The van der Waals surface area contributed by atoms with E-state index in [2.05, 4.69) is 28.4 Å². The van der Waals surface area contributed by atoms with Crippen LogP contribution in [0.1, 0.15) is 0 Å². The molecule has 0 rings (SSSR count). The molecule has 0 amide bonds. The Balaban J connectivity index is 6.19. The van der Waals surface area contributed by atoms with Gasteiger partial charge in [-0.25, -0.2) is 28.8 Å². The van der Waals surface area contributed by atoms with Gasteiger partial charge in [-0.05, 0) is 0 Å². The van der Waals surface area contributed by atoms with E-state index in [9.17, 15) is 28.8 Å². The normalized spacial score (nSPS) is 14.0. The van der Waals surface area contributed by atoms with Crippen LogP contribution in [0.4, 0.5) is 28.8 Å². The SMILES string of the molecule is O=C(O)OCC(OC(=O)O)C(OC(=O)O)C(OC(=O)O)C(COC(=O)O)OC(=O)O. The maximum Gasteiger partial charge on any atom is 0.506 e. The van der Waals surface area contributed by atoms with E-state index in [1.165, 1.54) is 0 Å². The molecule has 0 aliphatic rings. The van der Waals surface area contributed by atoms with Gasteiger partial charge in [-0.15, -0.1) is 0 Å². The van der Waals surface area contributed by atoms with Crippen LogP contribution in [-0.2, 0) is 28.4 Å². The average molecular weight is 446 g/mol. The van der Waals surface area contributed by atoms with Gasteiger partial charge in [0.1, 0.15) is 13.2 Å². The zero-order valence-corrected chi connectivity index (χ0v) is 14.3. The Kier molecular flexibility index (Phi) is 10.4. The van der Waals surface area contributed by atoms with Gasteiger partial charge in [0, 0.05) is 0 Å². The Labute approximate surface area is 163 Å². The highest BCUT2D eigenvalue weighted by Crippen LogP contribution is 2.20. The topological polar surface area (TPSA) is 279 Å². The lowest BCUT2D eigenvalue weighted by Crippen LogP contribution is -2.54. The van der Waals surface area contributed by atoms with Crippen LogP contribution >= 0.6 is 0 Å². The number of rotatable bonds is 11. The third-order valence-corrected chi connectivity index (χ3v) is 2.78. The minimum atomic E-state index is -2.45. The molecule has 0 bridgehead atoms. The van der Waals surface area contributed by atoms with E-state index in [-0.39, 0.29) is 0 Å². The van der Waals surface area contributed by atoms with E-state index in [1.807, 2.05) is 0 Å². The molecule has 0 aromatic carbocycles. The largest absolute Gasteiger partial charge is 0.506 e. The van der Waals surface area contributed by atoms with E-state index in [0.29, 0.717) is 0 Å². The van der Waals surface area contributed by atoms with Crippen molar-refractivity contribution in [3.8, 4) is 0 Å². The van der Waals surface area contributed by atoms with Crippen LogP contribution in [0.5, 0.6) is 0 Å². The quantitative estimate of drug-likeness (QED) is 0.187. The Morgan fingerprint density at radius 1 is 0.467 bits per heavy atom. The average Bonchev–Trinajstić information content (AvgIpc) is 2.57. The fraction of sp³-hybridized carbons (Fsp3) is 0.500. The molecule has 6 N–H and O–H groups in total. The van der Waals surface area contributed by atoms with Crippen LogP contribution in [0.25, 0.3) is 0 Å². The Hall–Kier alpha value is -4.38. The molecule has 0 aliphatic carbocycles. The van der Waals surface area contributed by atoms with Gasteiger partial charge in [0.15, 0.2) is 24.4 Å². The van der Waals surface area contributed by atoms with E-state index in [4.69, 9.17) is 30.6 Å². The van der Waals surface area contributed by atoms with Gasteiger partial charge in [-0.1, -0.05) is 0 Å². The first-order chi connectivity index (χ1) is 13.8. The van der Waals surface area contributed by atoms with Crippen molar-refractivity contribution in [2.24, 2.45) is 0 Å².